The van der Waals surface area contributed by atoms with Gasteiger partial charge in [0.2, 0.25) is 0 Å². The summed E-state index contributed by atoms with van der Waals surface area (Å²) in [5, 5.41) is 0. The van der Waals surface area contributed by atoms with E-state index in [2.05, 4.69) is 23.6 Å². The van der Waals surface area contributed by atoms with Gasteiger partial charge in [-0.15, -0.1) is 0 Å². The molecule has 3 nitrogen and oxygen atoms in total. The highest BCUT2D eigenvalue weighted by atomic mass is 16.5. The highest BCUT2D eigenvalue weighted by Gasteiger charge is 2.35. The third kappa shape index (κ3) is 2.58. The first kappa shape index (κ1) is 12.3. The molecule has 2 saturated heterocycles. The molecule has 3 unspecified atom stereocenters. The summed E-state index contributed by atoms with van der Waals surface area (Å²) in [4.78, 5) is 5.37. The smallest absolute Gasteiger partial charge is 0.0477 e. The van der Waals surface area contributed by atoms with E-state index in [9.17, 15) is 0 Å². The molecule has 3 heteroatoms. The molecule has 3 atom stereocenters. The Morgan fingerprint density at radius 1 is 1.38 bits per heavy atom. The van der Waals surface area contributed by atoms with Crippen molar-refractivity contribution in [3.63, 3.8) is 0 Å². The molecular formula is C13H26N2O. The van der Waals surface area contributed by atoms with Gasteiger partial charge in [-0.05, 0) is 39.7 Å². The van der Waals surface area contributed by atoms with Crippen molar-refractivity contribution in [1.82, 2.24) is 9.80 Å². The van der Waals surface area contributed by atoms with Crippen LogP contribution in [0.2, 0.25) is 0 Å². The highest BCUT2D eigenvalue weighted by molar-refractivity contribution is 4.92. The number of nitrogens with zero attached hydrogens (tertiary/aromatic N) is 2. The number of fused-ring (bicyclic) bond motifs is 1. The van der Waals surface area contributed by atoms with Crippen molar-refractivity contribution in [2.24, 2.45) is 0 Å². The molecule has 0 aliphatic carbocycles. The predicted octanol–water partition coefficient (Wildman–Crippen LogP) is 1.58. The Balaban J connectivity index is 1.88. The van der Waals surface area contributed by atoms with Gasteiger partial charge in [0.05, 0.1) is 0 Å². The fourth-order valence-electron chi connectivity index (χ4n) is 3.28. The zero-order valence-corrected chi connectivity index (χ0v) is 11.0. The third-order valence-corrected chi connectivity index (χ3v) is 4.29. The van der Waals surface area contributed by atoms with E-state index >= 15 is 0 Å². The zero-order valence-electron chi connectivity index (χ0n) is 11.0. The molecule has 2 fully saturated rings. The molecule has 0 aromatic carbocycles. The summed E-state index contributed by atoms with van der Waals surface area (Å²) in [5.41, 5.74) is 0. The second-order valence-electron chi connectivity index (χ2n) is 5.47. The Bertz CT molecular complexity index is 222. The molecule has 16 heavy (non-hydrogen) atoms. The minimum Gasteiger partial charge on any atom is -0.385 e. The normalized spacial score (nSPS) is 33.9. The molecule has 94 valence electrons. The molecule has 0 bridgehead atoms. The Morgan fingerprint density at radius 3 is 2.94 bits per heavy atom. The largest absolute Gasteiger partial charge is 0.385 e. The van der Waals surface area contributed by atoms with Crippen LogP contribution in [0, 0.1) is 0 Å². The Labute approximate surface area is 99.7 Å². The molecule has 2 aliphatic heterocycles. The van der Waals surface area contributed by atoms with Crippen LogP contribution in [0.4, 0.5) is 0 Å². The summed E-state index contributed by atoms with van der Waals surface area (Å²) >= 11 is 0. The molecule has 2 aliphatic rings. The number of methoxy groups -OCH3 is 1. The average molecular weight is 226 g/mol. The van der Waals surface area contributed by atoms with Crippen LogP contribution >= 0.6 is 0 Å². The summed E-state index contributed by atoms with van der Waals surface area (Å²) in [6.07, 6.45) is 3.96. The van der Waals surface area contributed by atoms with Crippen LogP contribution < -0.4 is 0 Å². The van der Waals surface area contributed by atoms with Gasteiger partial charge in [0.25, 0.3) is 0 Å². The molecule has 2 rings (SSSR count). The molecule has 0 amide bonds. The van der Waals surface area contributed by atoms with E-state index in [1.54, 1.807) is 7.11 Å². The van der Waals surface area contributed by atoms with Crippen LogP contribution in [-0.4, -0.2) is 61.3 Å². The maximum Gasteiger partial charge on any atom is 0.0477 e. The molecule has 0 aromatic rings. The van der Waals surface area contributed by atoms with Crippen LogP contribution in [0.25, 0.3) is 0 Å². The van der Waals surface area contributed by atoms with Crippen LogP contribution in [0.5, 0.6) is 0 Å². The van der Waals surface area contributed by atoms with Gasteiger partial charge >= 0.3 is 0 Å². The number of hydrogen-bond acceptors (Lipinski definition) is 3. The van der Waals surface area contributed by atoms with Gasteiger partial charge in [0, 0.05) is 44.9 Å². The molecule has 0 aromatic heterocycles. The minimum absolute atomic E-state index is 0.665. The summed E-state index contributed by atoms with van der Waals surface area (Å²) in [6.45, 7) is 9.47. The molecule has 0 spiro atoms. The molecular weight excluding hydrogens is 200 g/mol. The average Bonchev–Trinajstić information content (AvgIpc) is 2.71. The fourth-order valence-corrected chi connectivity index (χ4v) is 3.28. The molecule has 0 radical (unpaired) electrons. The summed E-state index contributed by atoms with van der Waals surface area (Å²) in [7, 11) is 1.80. The predicted molar refractivity (Wildman–Crippen MR) is 66.7 cm³/mol. The van der Waals surface area contributed by atoms with Crippen molar-refractivity contribution in [3.8, 4) is 0 Å². The van der Waals surface area contributed by atoms with Crippen molar-refractivity contribution in [1.29, 1.82) is 0 Å². The number of ether oxygens (including phenoxy) is 1. The van der Waals surface area contributed by atoms with Gasteiger partial charge in [-0.1, -0.05) is 0 Å². The van der Waals surface area contributed by atoms with Crippen molar-refractivity contribution in [2.45, 2.75) is 51.2 Å². The fraction of sp³-hybridized carbons (Fsp3) is 1.00. The SMILES string of the molecule is COCCC(C)N1CC2CCCN2CC1C. The van der Waals surface area contributed by atoms with Crippen molar-refractivity contribution in [3.05, 3.63) is 0 Å². The van der Waals surface area contributed by atoms with E-state index in [0.29, 0.717) is 12.1 Å². The van der Waals surface area contributed by atoms with Gasteiger partial charge in [-0.2, -0.15) is 0 Å². The van der Waals surface area contributed by atoms with Crippen molar-refractivity contribution in [2.75, 3.05) is 33.4 Å². The molecule has 0 saturated carbocycles. The van der Waals surface area contributed by atoms with E-state index in [4.69, 9.17) is 4.74 Å². The molecule has 2 heterocycles. The zero-order chi connectivity index (χ0) is 11.5. The first-order valence-electron chi connectivity index (χ1n) is 6.71. The van der Waals surface area contributed by atoms with E-state index in [1.165, 1.54) is 32.5 Å². The first-order valence-corrected chi connectivity index (χ1v) is 6.71. The lowest BCUT2D eigenvalue weighted by Crippen LogP contribution is -2.57. The first-order chi connectivity index (χ1) is 7.72. The van der Waals surface area contributed by atoms with Crippen LogP contribution in [0.3, 0.4) is 0 Å². The summed E-state index contributed by atoms with van der Waals surface area (Å²) < 4.78 is 5.19. The van der Waals surface area contributed by atoms with Crippen molar-refractivity contribution >= 4 is 0 Å². The second-order valence-corrected chi connectivity index (χ2v) is 5.47. The number of piperazine rings is 1. The lowest BCUT2D eigenvalue weighted by atomic mass is 10.0. The monoisotopic (exact) mass is 226 g/mol. The minimum atomic E-state index is 0.665. The standard InChI is InChI=1S/C13H26N2O/c1-11(6-8-16-3)15-10-13-5-4-7-14(13)9-12(15)2/h11-13H,4-10H2,1-3H3. The van der Waals surface area contributed by atoms with E-state index in [0.717, 1.165) is 19.1 Å². The van der Waals surface area contributed by atoms with Gasteiger partial charge in [0.1, 0.15) is 0 Å². The third-order valence-electron chi connectivity index (χ3n) is 4.29. The quantitative estimate of drug-likeness (QED) is 0.724. The highest BCUT2D eigenvalue weighted by Crippen LogP contribution is 2.26. The van der Waals surface area contributed by atoms with Crippen LogP contribution in [0.15, 0.2) is 0 Å². The maximum absolute atomic E-state index is 5.19. The topological polar surface area (TPSA) is 15.7 Å². The van der Waals surface area contributed by atoms with Crippen LogP contribution in [-0.2, 0) is 4.74 Å². The van der Waals surface area contributed by atoms with E-state index in [1.807, 2.05) is 0 Å². The summed E-state index contributed by atoms with van der Waals surface area (Å²) in [6, 6.07) is 2.21. The Hall–Kier alpha value is -0.120. The number of hydrogen-bond donors (Lipinski definition) is 0. The van der Waals surface area contributed by atoms with E-state index < -0.39 is 0 Å². The number of rotatable bonds is 4. The Morgan fingerprint density at radius 2 is 2.19 bits per heavy atom. The van der Waals surface area contributed by atoms with Gasteiger partial charge in [0.15, 0.2) is 0 Å². The van der Waals surface area contributed by atoms with Crippen LogP contribution in [0.1, 0.15) is 33.1 Å². The lowest BCUT2D eigenvalue weighted by molar-refractivity contribution is 0.0230. The van der Waals surface area contributed by atoms with Gasteiger partial charge < -0.3 is 4.74 Å². The second kappa shape index (κ2) is 5.48. The van der Waals surface area contributed by atoms with E-state index in [-0.39, 0.29) is 0 Å². The summed E-state index contributed by atoms with van der Waals surface area (Å²) in [5.74, 6) is 0. The maximum atomic E-state index is 5.19. The molecule has 0 N–H and O–H groups in total. The lowest BCUT2D eigenvalue weighted by Gasteiger charge is -2.45. The Kier molecular flexibility index (Phi) is 4.22. The van der Waals surface area contributed by atoms with Crippen molar-refractivity contribution < 1.29 is 4.74 Å². The van der Waals surface area contributed by atoms with Gasteiger partial charge in [-0.25, -0.2) is 0 Å². The van der Waals surface area contributed by atoms with Gasteiger partial charge in [-0.3, -0.25) is 9.80 Å².